The third kappa shape index (κ3) is 0.977. The van der Waals surface area contributed by atoms with E-state index in [0.717, 1.165) is 12.2 Å². The van der Waals surface area contributed by atoms with Gasteiger partial charge in [-0.3, -0.25) is 0 Å². The van der Waals surface area contributed by atoms with Gasteiger partial charge in [0.1, 0.15) is 5.76 Å². The number of fused-ring (bicyclic) bond motifs is 4. The average Bonchev–Trinajstić information content (AvgIpc) is 3.06. The average molecular weight is 194 g/mol. The van der Waals surface area contributed by atoms with Crippen LogP contribution in [0.15, 0.2) is 48.2 Å². The smallest absolute Gasteiger partial charge is 0.180 e. The number of hydrogen-bond donors (Lipinski definition) is 0. The lowest BCUT2D eigenvalue weighted by atomic mass is 9.93. The Labute approximate surface area is 88.0 Å². The fourth-order valence-corrected chi connectivity index (χ4v) is 2.41. The molecule has 2 aromatic rings. The van der Waals surface area contributed by atoms with Gasteiger partial charge in [0.15, 0.2) is 6.10 Å². The van der Waals surface area contributed by atoms with E-state index >= 15 is 0 Å². The van der Waals surface area contributed by atoms with E-state index in [-0.39, 0.29) is 6.10 Å². The lowest BCUT2D eigenvalue weighted by Gasteiger charge is -2.09. The van der Waals surface area contributed by atoms with Gasteiger partial charge < -0.3 is 4.74 Å². The van der Waals surface area contributed by atoms with Crippen molar-refractivity contribution < 1.29 is 4.74 Å². The largest absolute Gasteiger partial charge is 0.478 e. The molecular weight excluding hydrogens is 184 g/mol. The zero-order valence-electron chi connectivity index (χ0n) is 8.23. The van der Waals surface area contributed by atoms with Gasteiger partial charge in [-0.05, 0) is 34.9 Å². The molecule has 0 aromatic heterocycles. The molecule has 0 saturated carbocycles. The standard InChI is InChI=1S/C14H10O/c1-2-4-10-8-12-11(7-9(10)3-1)5-6-13-14(12)15-13/h1-4,6-8,14H,5H2. The Morgan fingerprint density at radius 3 is 2.73 bits per heavy atom. The first-order chi connectivity index (χ1) is 7.42. The second-order valence-electron chi connectivity index (χ2n) is 4.21. The van der Waals surface area contributed by atoms with E-state index in [0.29, 0.717) is 0 Å². The molecule has 0 N–H and O–H groups in total. The Hall–Kier alpha value is -1.76. The number of ether oxygens (including phenoxy) is 1. The second kappa shape index (κ2) is 2.43. The molecule has 15 heavy (non-hydrogen) atoms. The lowest BCUT2D eigenvalue weighted by Crippen LogP contribution is -1.95. The van der Waals surface area contributed by atoms with E-state index in [1.807, 2.05) is 0 Å². The van der Waals surface area contributed by atoms with Crippen LogP contribution in [0.3, 0.4) is 0 Å². The SMILES string of the molecule is C1=C2OC2c2cc3ccccc3cc2C1. The lowest BCUT2D eigenvalue weighted by molar-refractivity contribution is 0.437. The van der Waals surface area contributed by atoms with Crippen molar-refractivity contribution in [1.29, 1.82) is 0 Å². The van der Waals surface area contributed by atoms with Crippen LogP contribution in [0, 0.1) is 0 Å². The summed E-state index contributed by atoms with van der Waals surface area (Å²) in [6.45, 7) is 0. The van der Waals surface area contributed by atoms with Gasteiger partial charge in [0.25, 0.3) is 0 Å². The van der Waals surface area contributed by atoms with Crippen molar-refractivity contribution in [2.24, 2.45) is 0 Å². The zero-order valence-corrected chi connectivity index (χ0v) is 8.23. The molecular formula is C14H10O. The van der Waals surface area contributed by atoms with Gasteiger partial charge in [0.05, 0.1) is 0 Å². The van der Waals surface area contributed by atoms with Crippen LogP contribution in [0.1, 0.15) is 17.2 Å². The molecule has 1 heteroatoms. The molecule has 0 bridgehead atoms. The number of epoxide rings is 1. The molecule has 72 valence electrons. The predicted molar refractivity (Wildman–Crippen MR) is 59.6 cm³/mol. The Morgan fingerprint density at radius 2 is 1.87 bits per heavy atom. The van der Waals surface area contributed by atoms with Crippen molar-refractivity contribution in [2.75, 3.05) is 0 Å². The van der Waals surface area contributed by atoms with E-state index in [9.17, 15) is 0 Å². The van der Waals surface area contributed by atoms with Crippen molar-refractivity contribution in [3.05, 3.63) is 59.4 Å². The fraction of sp³-hybridized carbons (Fsp3) is 0.143. The zero-order chi connectivity index (χ0) is 9.83. The molecule has 0 spiro atoms. The molecule has 2 aliphatic rings. The number of rotatable bonds is 0. The van der Waals surface area contributed by atoms with E-state index in [4.69, 9.17) is 4.74 Å². The first-order valence-corrected chi connectivity index (χ1v) is 5.30. The van der Waals surface area contributed by atoms with Gasteiger partial charge in [0.2, 0.25) is 0 Å². The molecule has 1 aliphatic carbocycles. The summed E-state index contributed by atoms with van der Waals surface area (Å²) in [5.74, 6) is 1.16. The Morgan fingerprint density at radius 1 is 1.07 bits per heavy atom. The molecule has 1 unspecified atom stereocenters. The topological polar surface area (TPSA) is 12.5 Å². The predicted octanol–water partition coefficient (Wildman–Crippen LogP) is 3.35. The van der Waals surface area contributed by atoms with Crippen LogP contribution in [0.5, 0.6) is 0 Å². The third-order valence-corrected chi connectivity index (χ3v) is 3.27. The van der Waals surface area contributed by atoms with E-state index < -0.39 is 0 Å². The van der Waals surface area contributed by atoms with Gasteiger partial charge in [-0.2, -0.15) is 0 Å². The summed E-state index contributed by atoms with van der Waals surface area (Å²) in [4.78, 5) is 0. The molecule has 1 aliphatic heterocycles. The first-order valence-electron chi connectivity index (χ1n) is 5.30. The van der Waals surface area contributed by atoms with Gasteiger partial charge >= 0.3 is 0 Å². The van der Waals surface area contributed by atoms with Gasteiger partial charge in [-0.1, -0.05) is 30.3 Å². The highest BCUT2D eigenvalue weighted by Gasteiger charge is 2.38. The van der Waals surface area contributed by atoms with Gasteiger partial charge in [0, 0.05) is 5.56 Å². The number of benzene rings is 2. The maximum Gasteiger partial charge on any atom is 0.180 e. The number of allylic oxidation sites excluding steroid dienone is 1. The summed E-state index contributed by atoms with van der Waals surface area (Å²) in [6, 6.07) is 13.1. The molecule has 2 aromatic carbocycles. The second-order valence-corrected chi connectivity index (χ2v) is 4.21. The normalized spacial score (nSPS) is 21.3. The van der Waals surface area contributed by atoms with Crippen LogP contribution >= 0.6 is 0 Å². The molecule has 1 heterocycles. The Balaban J connectivity index is 2.05. The molecule has 1 atom stereocenters. The van der Waals surface area contributed by atoms with Crippen LogP contribution in [-0.4, -0.2) is 0 Å². The quantitative estimate of drug-likeness (QED) is 0.586. The Bertz CT molecular complexity index is 595. The minimum atomic E-state index is 0.276. The highest BCUT2D eigenvalue weighted by molar-refractivity contribution is 5.84. The van der Waals surface area contributed by atoms with Crippen molar-refractivity contribution >= 4 is 10.8 Å². The van der Waals surface area contributed by atoms with Crippen molar-refractivity contribution in [2.45, 2.75) is 12.5 Å². The molecule has 4 rings (SSSR count). The first kappa shape index (κ1) is 7.52. The maximum absolute atomic E-state index is 5.51. The molecule has 1 nitrogen and oxygen atoms in total. The highest BCUT2D eigenvalue weighted by atomic mass is 16.6. The van der Waals surface area contributed by atoms with Crippen LogP contribution < -0.4 is 0 Å². The van der Waals surface area contributed by atoms with Crippen LogP contribution in [0.2, 0.25) is 0 Å². The van der Waals surface area contributed by atoms with Crippen LogP contribution in [0.4, 0.5) is 0 Å². The molecule has 1 saturated heterocycles. The summed E-state index contributed by atoms with van der Waals surface area (Å²) in [5, 5.41) is 2.64. The molecule has 0 radical (unpaired) electrons. The summed E-state index contributed by atoms with van der Waals surface area (Å²) in [5.41, 5.74) is 2.78. The monoisotopic (exact) mass is 194 g/mol. The molecule has 0 amide bonds. The highest BCUT2D eigenvalue weighted by Crippen LogP contribution is 2.48. The molecule has 1 fully saturated rings. The fourth-order valence-electron chi connectivity index (χ4n) is 2.41. The summed E-state index contributed by atoms with van der Waals surface area (Å²) < 4.78 is 5.51. The van der Waals surface area contributed by atoms with E-state index in [1.54, 1.807) is 0 Å². The van der Waals surface area contributed by atoms with Crippen molar-refractivity contribution in [3.8, 4) is 0 Å². The van der Waals surface area contributed by atoms with E-state index in [1.165, 1.54) is 21.9 Å². The minimum absolute atomic E-state index is 0.276. The van der Waals surface area contributed by atoms with Gasteiger partial charge in [-0.25, -0.2) is 0 Å². The minimum Gasteiger partial charge on any atom is -0.478 e. The summed E-state index contributed by atoms with van der Waals surface area (Å²) in [7, 11) is 0. The van der Waals surface area contributed by atoms with E-state index in [2.05, 4.69) is 42.5 Å². The van der Waals surface area contributed by atoms with Gasteiger partial charge in [-0.15, -0.1) is 0 Å². The van der Waals surface area contributed by atoms with Crippen LogP contribution in [-0.2, 0) is 11.2 Å². The number of hydrogen-bond acceptors (Lipinski definition) is 1. The maximum atomic E-state index is 5.51. The summed E-state index contributed by atoms with van der Waals surface area (Å²) >= 11 is 0. The van der Waals surface area contributed by atoms with Crippen molar-refractivity contribution in [1.82, 2.24) is 0 Å². The van der Waals surface area contributed by atoms with Crippen molar-refractivity contribution in [3.63, 3.8) is 0 Å². The third-order valence-electron chi connectivity index (χ3n) is 3.27. The Kier molecular flexibility index (Phi) is 1.22. The van der Waals surface area contributed by atoms with Crippen LogP contribution in [0.25, 0.3) is 10.8 Å². The summed E-state index contributed by atoms with van der Waals surface area (Å²) in [6.07, 6.45) is 3.49.